The van der Waals surface area contributed by atoms with Gasteiger partial charge in [0.25, 0.3) is 0 Å². The minimum absolute atomic E-state index is 0.0587. The molecule has 116 valence electrons. The van der Waals surface area contributed by atoms with E-state index in [1.807, 2.05) is 30.3 Å². The molecule has 4 nitrogen and oxygen atoms in total. The van der Waals surface area contributed by atoms with Crippen LogP contribution in [0.15, 0.2) is 54.6 Å². The van der Waals surface area contributed by atoms with E-state index in [2.05, 4.69) is 0 Å². The number of hydrogen-bond donors (Lipinski definition) is 0. The molecule has 1 fully saturated rings. The first-order valence-corrected chi connectivity index (χ1v) is 8.95. The van der Waals surface area contributed by atoms with Crippen molar-refractivity contribution >= 4 is 21.6 Å². The molecule has 0 saturated carbocycles. The number of hydrogen-bond acceptors (Lipinski definition) is 3. The number of benzene rings is 2. The molecule has 0 spiro atoms. The molecule has 0 radical (unpaired) electrons. The van der Waals surface area contributed by atoms with Crippen LogP contribution in [-0.2, 0) is 20.5 Å². The zero-order chi connectivity index (χ0) is 15.6. The van der Waals surface area contributed by atoms with Gasteiger partial charge in [-0.3, -0.25) is 0 Å². The summed E-state index contributed by atoms with van der Waals surface area (Å²) in [5, 5.41) is 0.591. The van der Waals surface area contributed by atoms with Crippen LogP contribution in [0.25, 0.3) is 0 Å². The van der Waals surface area contributed by atoms with Crippen molar-refractivity contribution in [3.05, 3.63) is 70.7 Å². The summed E-state index contributed by atoms with van der Waals surface area (Å²) in [6.45, 7) is 0.773. The molecule has 2 aromatic carbocycles. The predicted octanol–water partition coefficient (Wildman–Crippen LogP) is 3.20. The molecule has 1 atom stereocenters. The summed E-state index contributed by atoms with van der Waals surface area (Å²) in [5.74, 6) is -0.0587. The molecule has 1 heterocycles. The van der Waals surface area contributed by atoms with Gasteiger partial charge in [0.05, 0.1) is 12.4 Å². The van der Waals surface area contributed by atoms with Gasteiger partial charge in [-0.1, -0.05) is 54.1 Å². The third-order valence-corrected chi connectivity index (χ3v) is 5.59. The number of nitrogens with zero attached hydrogens (tertiary/aromatic N) is 1. The van der Waals surface area contributed by atoms with Crippen molar-refractivity contribution in [3.8, 4) is 0 Å². The first-order chi connectivity index (χ1) is 10.6. The standard InChI is InChI=1S/C16H16ClNO3S/c17-15-8-6-13(7-9-15)12-22(19,20)18-10-11-21-16(18)14-4-2-1-3-5-14/h1-9,16H,10-12H2. The highest BCUT2D eigenvalue weighted by molar-refractivity contribution is 7.88. The highest BCUT2D eigenvalue weighted by atomic mass is 35.5. The highest BCUT2D eigenvalue weighted by Gasteiger charge is 2.36. The maximum absolute atomic E-state index is 12.7. The van der Waals surface area contributed by atoms with Crippen LogP contribution in [0.5, 0.6) is 0 Å². The number of ether oxygens (including phenoxy) is 1. The van der Waals surface area contributed by atoms with Crippen molar-refractivity contribution in [3.63, 3.8) is 0 Å². The fraction of sp³-hybridized carbons (Fsp3) is 0.250. The average molecular weight is 338 g/mol. The van der Waals surface area contributed by atoms with E-state index >= 15 is 0 Å². The first-order valence-electron chi connectivity index (χ1n) is 6.97. The van der Waals surface area contributed by atoms with Crippen molar-refractivity contribution in [2.45, 2.75) is 12.0 Å². The Morgan fingerprint density at radius 3 is 2.45 bits per heavy atom. The van der Waals surface area contributed by atoms with Gasteiger partial charge in [-0.2, -0.15) is 4.31 Å². The van der Waals surface area contributed by atoms with Crippen LogP contribution < -0.4 is 0 Å². The van der Waals surface area contributed by atoms with Crippen molar-refractivity contribution < 1.29 is 13.2 Å². The van der Waals surface area contributed by atoms with Gasteiger partial charge < -0.3 is 4.74 Å². The Kier molecular flexibility index (Phi) is 4.49. The molecule has 0 N–H and O–H groups in total. The topological polar surface area (TPSA) is 46.6 Å². The lowest BCUT2D eigenvalue weighted by molar-refractivity contribution is 0.0682. The second-order valence-corrected chi connectivity index (χ2v) is 7.49. The monoisotopic (exact) mass is 337 g/mol. The van der Waals surface area contributed by atoms with Gasteiger partial charge in [0.1, 0.15) is 6.23 Å². The van der Waals surface area contributed by atoms with Crippen molar-refractivity contribution in [2.24, 2.45) is 0 Å². The third kappa shape index (κ3) is 3.33. The molecule has 0 aromatic heterocycles. The normalized spacial score (nSPS) is 19.4. The Morgan fingerprint density at radius 2 is 1.77 bits per heavy atom. The average Bonchev–Trinajstić information content (AvgIpc) is 3.01. The lowest BCUT2D eigenvalue weighted by Crippen LogP contribution is -2.32. The molecule has 0 amide bonds. The minimum atomic E-state index is -3.46. The van der Waals surface area contributed by atoms with Crippen LogP contribution in [0.1, 0.15) is 17.4 Å². The summed E-state index contributed by atoms with van der Waals surface area (Å²) in [7, 11) is -3.46. The Bertz CT molecular complexity index is 732. The molecule has 1 saturated heterocycles. The molecular weight excluding hydrogens is 322 g/mol. The van der Waals surface area contributed by atoms with Crippen molar-refractivity contribution in [2.75, 3.05) is 13.2 Å². The second kappa shape index (κ2) is 6.38. The lowest BCUT2D eigenvalue weighted by atomic mass is 10.2. The molecule has 1 aliphatic heterocycles. The second-order valence-electron chi connectivity index (χ2n) is 5.13. The number of sulfonamides is 1. The van der Waals surface area contributed by atoms with E-state index in [-0.39, 0.29) is 5.75 Å². The molecule has 1 unspecified atom stereocenters. The van der Waals surface area contributed by atoms with Crippen LogP contribution in [0.4, 0.5) is 0 Å². The summed E-state index contributed by atoms with van der Waals surface area (Å²) >= 11 is 5.83. The van der Waals surface area contributed by atoms with Crippen LogP contribution >= 0.6 is 11.6 Å². The van der Waals surface area contributed by atoms with Gasteiger partial charge in [-0.15, -0.1) is 0 Å². The maximum Gasteiger partial charge on any atom is 0.220 e. The molecule has 0 aliphatic carbocycles. The molecule has 6 heteroatoms. The molecule has 1 aliphatic rings. The molecule has 2 aromatic rings. The minimum Gasteiger partial charge on any atom is -0.356 e. The zero-order valence-electron chi connectivity index (χ0n) is 11.9. The lowest BCUT2D eigenvalue weighted by Gasteiger charge is -2.23. The van der Waals surface area contributed by atoms with Gasteiger partial charge in [0, 0.05) is 11.6 Å². The van der Waals surface area contributed by atoms with E-state index in [0.717, 1.165) is 5.56 Å². The maximum atomic E-state index is 12.7. The van der Waals surface area contributed by atoms with Gasteiger partial charge in [-0.25, -0.2) is 8.42 Å². The van der Waals surface area contributed by atoms with E-state index in [1.165, 1.54) is 4.31 Å². The zero-order valence-corrected chi connectivity index (χ0v) is 13.4. The molecule has 22 heavy (non-hydrogen) atoms. The van der Waals surface area contributed by atoms with Crippen molar-refractivity contribution in [1.82, 2.24) is 4.31 Å². The van der Waals surface area contributed by atoms with Gasteiger partial charge in [0.2, 0.25) is 10.0 Å². The van der Waals surface area contributed by atoms with Crippen LogP contribution in [0.2, 0.25) is 5.02 Å². The van der Waals surface area contributed by atoms with E-state index < -0.39 is 16.3 Å². The highest BCUT2D eigenvalue weighted by Crippen LogP contribution is 2.30. The largest absolute Gasteiger partial charge is 0.356 e. The molecular formula is C16H16ClNO3S. The smallest absolute Gasteiger partial charge is 0.220 e. The SMILES string of the molecule is O=S(=O)(Cc1ccc(Cl)cc1)N1CCOC1c1ccccc1. The predicted molar refractivity (Wildman–Crippen MR) is 85.9 cm³/mol. The summed E-state index contributed by atoms with van der Waals surface area (Å²) in [4.78, 5) is 0. The summed E-state index contributed by atoms with van der Waals surface area (Å²) in [6.07, 6.45) is -0.543. The Morgan fingerprint density at radius 1 is 1.09 bits per heavy atom. The van der Waals surface area contributed by atoms with Crippen LogP contribution in [0, 0.1) is 0 Å². The van der Waals surface area contributed by atoms with Gasteiger partial charge in [0.15, 0.2) is 0 Å². The summed E-state index contributed by atoms with van der Waals surface area (Å²) < 4.78 is 32.4. The summed E-state index contributed by atoms with van der Waals surface area (Å²) in [5.41, 5.74) is 1.56. The third-order valence-electron chi connectivity index (χ3n) is 3.55. The quantitative estimate of drug-likeness (QED) is 0.860. The van der Waals surface area contributed by atoms with E-state index in [0.29, 0.717) is 23.7 Å². The fourth-order valence-electron chi connectivity index (χ4n) is 2.49. The Labute approximate surface area is 135 Å². The van der Waals surface area contributed by atoms with Crippen LogP contribution in [0.3, 0.4) is 0 Å². The fourth-order valence-corrected chi connectivity index (χ4v) is 4.23. The Balaban J connectivity index is 1.83. The van der Waals surface area contributed by atoms with E-state index in [9.17, 15) is 8.42 Å². The summed E-state index contributed by atoms with van der Waals surface area (Å²) in [6, 6.07) is 16.3. The van der Waals surface area contributed by atoms with Gasteiger partial charge >= 0.3 is 0 Å². The van der Waals surface area contributed by atoms with Crippen LogP contribution in [-0.4, -0.2) is 25.9 Å². The van der Waals surface area contributed by atoms with E-state index in [1.54, 1.807) is 24.3 Å². The molecule has 3 rings (SSSR count). The Hall–Kier alpha value is -1.40. The van der Waals surface area contributed by atoms with Crippen molar-refractivity contribution in [1.29, 1.82) is 0 Å². The van der Waals surface area contributed by atoms with E-state index in [4.69, 9.17) is 16.3 Å². The first kappa shape index (κ1) is 15.5. The molecule has 0 bridgehead atoms. The van der Waals surface area contributed by atoms with Gasteiger partial charge in [-0.05, 0) is 23.3 Å². The number of halogens is 1. The number of rotatable bonds is 4.